The van der Waals surface area contributed by atoms with Crippen LogP contribution in [0.5, 0.6) is 0 Å². The van der Waals surface area contributed by atoms with Gasteiger partial charge in [-0.05, 0) is 53.4 Å². The quantitative estimate of drug-likeness (QED) is 0.613. The molecule has 3 aromatic carbocycles. The molecular weight excluding hydrogens is 414 g/mol. The number of amides is 2. The third-order valence-electron chi connectivity index (χ3n) is 5.40. The van der Waals surface area contributed by atoms with Crippen LogP contribution < -0.4 is 15.2 Å². The molecule has 8 heteroatoms. The lowest BCUT2D eigenvalue weighted by Crippen LogP contribution is -2.42. The zero-order valence-electron chi connectivity index (χ0n) is 17.3. The molecule has 1 aliphatic heterocycles. The fourth-order valence-electron chi connectivity index (χ4n) is 4.11. The van der Waals surface area contributed by atoms with E-state index in [0.29, 0.717) is 17.7 Å². The number of fused-ring (bicyclic) bond motifs is 2. The van der Waals surface area contributed by atoms with Crippen molar-refractivity contribution in [1.82, 2.24) is 10.9 Å². The van der Waals surface area contributed by atoms with Gasteiger partial charge in [0.05, 0.1) is 18.4 Å². The van der Waals surface area contributed by atoms with E-state index in [2.05, 4.69) is 10.9 Å². The Morgan fingerprint density at radius 1 is 1.03 bits per heavy atom. The minimum Gasteiger partial charge on any atom is -0.273 e. The number of benzene rings is 3. The number of carbonyl (C=O) groups is 2. The largest absolute Gasteiger partial charge is 0.273 e. The van der Waals surface area contributed by atoms with E-state index < -0.39 is 15.9 Å². The number of hydrogen-bond donors (Lipinski definition) is 2. The molecule has 1 atom stereocenters. The molecule has 3 aromatic rings. The zero-order valence-corrected chi connectivity index (χ0v) is 18.1. The normalized spacial score (nSPS) is 15.5. The highest BCUT2D eigenvalue weighted by atomic mass is 32.2. The smallest absolute Gasteiger partial charge is 0.269 e. The van der Waals surface area contributed by atoms with E-state index in [1.807, 2.05) is 49.4 Å². The van der Waals surface area contributed by atoms with Crippen LogP contribution in [0.1, 0.15) is 28.4 Å². The second kappa shape index (κ2) is 8.03. The molecule has 0 aromatic heterocycles. The van der Waals surface area contributed by atoms with E-state index in [-0.39, 0.29) is 18.4 Å². The molecule has 31 heavy (non-hydrogen) atoms. The second-order valence-corrected chi connectivity index (χ2v) is 9.63. The topological polar surface area (TPSA) is 95.6 Å². The fraction of sp³-hybridized carbons (Fsp3) is 0.217. The van der Waals surface area contributed by atoms with Crippen LogP contribution in [0.2, 0.25) is 0 Å². The summed E-state index contributed by atoms with van der Waals surface area (Å²) in [6, 6.07) is 18.2. The number of anilines is 1. The molecule has 0 fully saturated rings. The maximum atomic E-state index is 12.5. The maximum absolute atomic E-state index is 12.5. The van der Waals surface area contributed by atoms with E-state index in [4.69, 9.17) is 0 Å². The van der Waals surface area contributed by atoms with Crippen molar-refractivity contribution in [3.63, 3.8) is 0 Å². The Labute approximate surface area is 181 Å². The minimum atomic E-state index is -3.39. The molecule has 7 nitrogen and oxygen atoms in total. The molecule has 0 unspecified atom stereocenters. The molecule has 4 rings (SSSR count). The van der Waals surface area contributed by atoms with Gasteiger partial charge in [0.1, 0.15) is 0 Å². The number of rotatable bonds is 4. The van der Waals surface area contributed by atoms with E-state index in [1.165, 1.54) is 10.6 Å². The Morgan fingerprint density at radius 2 is 1.77 bits per heavy atom. The molecule has 1 heterocycles. The van der Waals surface area contributed by atoms with Crippen molar-refractivity contribution in [3.8, 4) is 0 Å². The number of hydrazine groups is 1. The summed E-state index contributed by atoms with van der Waals surface area (Å²) in [7, 11) is -3.39. The fourth-order valence-corrected chi connectivity index (χ4v) is 5.38. The Kier molecular flexibility index (Phi) is 5.41. The first kappa shape index (κ1) is 20.9. The first-order valence-corrected chi connectivity index (χ1v) is 11.8. The number of sulfonamides is 1. The predicted octanol–water partition coefficient (Wildman–Crippen LogP) is 2.55. The van der Waals surface area contributed by atoms with Crippen LogP contribution in [0.25, 0.3) is 10.8 Å². The van der Waals surface area contributed by atoms with E-state index in [1.54, 1.807) is 18.2 Å². The Morgan fingerprint density at radius 3 is 2.55 bits per heavy atom. The highest BCUT2D eigenvalue weighted by Crippen LogP contribution is 2.34. The summed E-state index contributed by atoms with van der Waals surface area (Å²) in [5.41, 5.74) is 7.50. The first-order chi connectivity index (χ1) is 14.7. The van der Waals surface area contributed by atoms with Crippen LogP contribution >= 0.6 is 0 Å². The van der Waals surface area contributed by atoms with Gasteiger partial charge in [-0.3, -0.25) is 24.7 Å². The highest BCUT2D eigenvalue weighted by Gasteiger charge is 2.32. The SMILES string of the molecule is C[C@H]1Cc2cc(C(=O)NNC(=O)Cc3cccc4ccccc34)ccc2N1S(C)(=O)=O. The summed E-state index contributed by atoms with van der Waals surface area (Å²) >= 11 is 0. The van der Waals surface area contributed by atoms with Gasteiger partial charge in [0, 0.05) is 11.6 Å². The molecule has 0 aliphatic carbocycles. The van der Waals surface area contributed by atoms with Gasteiger partial charge in [0.2, 0.25) is 15.9 Å². The van der Waals surface area contributed by atoms with Gasteiger partial charge in [0.15, 0.2) is 0 Å². The number of nitrogens with zero attached hydrogens (tertiary/aromatic N) is 1. The van der Waals surface area contributed by atoms with Crippen LogP contribution in [0, 0.1) is 0 Å². The average molecular weight is 438 g/mol. The zero-order chi connectivity index (χ0) is 22.2. The van der Waals surface area contributed by atoms with Crippen molar-refractivity contribution in [1.29, 1.82) is 0 Å². The Balaban J connectivity index is 1.42. The van der Waals surface area contributed by atoms with E-state index in [0.717, 1.165) is 21.9 Å². The molecule has 2 N–H and O–H groups in total. The molecule has 0 saturated heterocycles. The van der Waals surface area contributed by atoms with Gasteiger partial charge >= 0.3 is 0 Å². The monoisotopic (exact) mass is 437 g/mol. The van der Waals surface area contributed by atoms with Crippen molar-refractivity contribution < 1.29 is 18.0 Å². The number of hydrogen-bond acceptors (Lipinski definition) is 4. The van der Waals surface area contributed by atoms with Crippen molar-refractivity contribution in [2.45, 2.75) is 25.8 Å². The maximum Gasteiger partial charge on any atom is 0.269 e. The predicted molar refractivity (Wildman–Crippen MR) is 120 cm³/mol. The number of carbonyl (C=O) groups excluding carboxylic acids is 2. The molecule has 160 valence electrons. The molecule has 0 spiro atoms. The van der Waals surface area contributed by atoms with Crippen LogP contribution in [-0.2, 0) is 27.7 Å². The lowest BCUT2D eigenvalue weighted by Gasteiger charge is -2.21. The van der Waals surface area contributed by atoms with Gasteiger partial charge in [-0.2, -0.15) is 0 Å². The lowest BCUT2D eigenvalue weighted by atomic mass is 10.0. The van der Waals surface area contributed by atoms with Crippen LogP contribution in [0.15, 0.2) is 60.7 Å². The first-order valence-electron chi connectivity index (χ1n) is 9.92. The summed E-state index contributed by atoms with van der Waals surface area (Å²) in [6.07, 6.45) is 1.83. The third kappa shape index (κ3) is 4.25. The second-order valence-electron chi connectivity index (χ2n) is 7.77. The summed E-state index contributed by atoms with van der Waals surface area (Å²) in [5.74, 6) is -0.790. The van der Waals surface area contributed by atoms with Gasteiger partial charge in [-0.25, -0.2) is 8.42 Å². The minimum absolute atomic E-state index is 0.132. The van der Waals surface area contributed by atoms with Crippen molar-refractivity contribution >= 4 is 38.3 Å². The molecular formula is C23H23N3O4S. The van der Waals surface area contributed by atoms with Gasteiger partial charge < -0.3 is 0 Å². The molecule has 0 bridgehead atoms. The molecule has 2 amide bonds. The van der Waals surface area contributed by atoms with E-state index >= 15 is 0 Å². The van der Waals surface area contributed by atoms with Crippen molar-refractivity contribution in [3.05, 3.63) is 77.4 Å². The summed E-state index contributed by atoms with van der Waals surface area (Å²) in [5, 5.41) is 2.04. The van der Waals surface area contributed by atoms with Crippen molar-refractivity contribution in [2.75, 3.05) is 10.6 Å². The van der Waals surface area contributed by atoms with Crippen molar-refractivity contribution in [2.24, 2.45) is 0 Å². The van der Waals surface area contributed by atoms with Gasteiger partial charge in [-0.1, -0.05) is 42.5 Å². The number of nitrogens with one attached hydrogen (secondary N) is 2. The average Bonchev–Trinajstić information content (AvgIpc) is 3.07. The lowest BCUT2D eigenvalue weighted by molar-refractivity contribution is -0.121. The van der Waals surface area contributed by atoms with Crippen LogP contribution in [-0.4, -0.2) is 32.5 Å². The standard InChI is InChI=1S/C23H23N3O4S/c1-15-12-19-13-18(10-11-21(19)26(15)31(2,29)30)23(28)25-24-22(27)14-17-8-5-7-16-6-3-4-9-20(16)17/h3-11,13,15H,12,14H2,1-2H3,(H,24,27)(H,25,28)/t15-/m0/s1. The highest BCUT2D eigenvalue weighted by molar-refractivity contribution is 7.92. The van der Waals surface area contributed by atoms with Crippen LogP contribution in [0.4, 0.5) is 5.69 Å². The molecule has 1 aliphatic rings. The molecule has 0 radical (unpaired) electrons. The third-order valence-corrected chi connectivity index (χ3v) is 6.67. The van der Waals surface area contributed by atoms with Crippen LogP contribution in [0.3, 0.4) is 0 Å². The Bertz CT molecular complexity index is 1280. The summed E-state index contributed by atoms with van der Waals surface area (Å²) in [6.45, 7) is 1.83. The summed E-state index contributed by atoms with van der Waals surface area (Å²) in [4.78, 5) is 24.9. The van der Waals surface area contributed by atoms with Gasteiger partial charge in [0.25, 0.3) is 5.91 Å². The van der Waals surface area contributed by atoms with E-state index in [9.17, 15) is 18.0 Å². The summed E-state index contributed by atoms with van der Waals surface area (Å²) < 4.78 is 25.4. The Hall–Kier alpha value is -3.39. The van der Waals surface area contributed by atoms with Gasteiger partial charge in [-0.15, -0.1) is 0 Å². The molecule has 0 saturated carbocycles.